The Kier molecular flexibility index (Phi) is 5.29. The third kappa shape index (κ3) is 3.49. The van der Waals surface area contributed by atoms with E-state index in [0.717, 1.165) is 37.9 Å². The van der Waals surface area contributed by atoms with E-state index in [9.17, 15) is 9.59 Å². The summed E-state index contributed by atoms with van der Waals surface area (Å²) in [7, 11) is 1.40. The number of hydrogen-bond donors (Lipinski definition) is 1. The van der Waals surface area contributed by atoms with Gasteiger partial charge in [0, 0.05) is 35.9 Å². The summed E-state index contributed by atoms with van der Waals surface area (Å²) >= 11 is 1.54. The highest BCUT2D eigenvalue weighted by atomic mass is 32.1. The maximum Gasteiger partial charge on any atom is 0.341 e. The summed E-state index contributed by atoms with van der Waals surface area (Å²) in [5, 5.41) is 3.66. The van der Waals surface area contributed by atoms with E-state index in [-0.39, 0.29) is 17.9 Å². The van der Waals surface area contributed by atoms with Crippen LogP contribution in [0.5, 0.6) is 0 Å². The molecule has 2 aromatic rings. The molecule has 1 aliphatic carbocycles. The van der Waals surface area contributed by atoms with Crippen molar-refractivity contribution < 1.29 is 14.3 Å². The van der Waals surface area contributed by atoms with Gasteiger partial charge in [-0.25, -0.2) is 4.79 Å². The molecule has 2 aliphatic rings. The Morgan fingerprint density at radius 2 is 2.14 bits per heavy atom. The van der Waals surface area contributed by atoms with Crippen molar-refractivity contribution in [2.24, 2.45) is 5.92 Å². The SMILES string of the molecule is COC(=O)c1c(NC(=O)CN2CCn3cccc3C2C)sc2c1CCC(C)C2. The minimum Gasteiger partial charge on any atom is -0.465 e. The molecule has 0 saturated heterocycles. The van der Waals surface area contributed by atoms with E-state index in [1.54, 1.807) is 0 Å². The lowest BCUT2D eigenvalue weighted by Crippen LogP contribution is -2.41. The van der Waals surface area contributed by atoms with Crippen molar-refractivity contribution in [2.45, 2.75) is 45.7 Å². The summed E-state index contributed by atoms with van der Waals surface area (Å²) in [5.41, 5.74) is 2.85. The Hall–Kier alpha value is -2.12. The number of hydrogen-bond acceptors (Lipinski definition) is 5. The second-order valence-corrected chi connectivity index (χ2v) is 8.97. The number of thiophene rings is 1. The molecule has 3 heterocycles. The quantitative estimate of drug-likeness (QED) is 0.797. The normalized spacial score (nSPS) is 21.7. The number of aromatic nitrogens is 1. The lowest BCUT2D eigenvalue weighted by Gasteiger charge is -2.34. The number of ether oxygens (including phenoxy) is 1. The first-order chi connectivity index (χ1) is 13.5. The minimum atomic E-state index is -0.355. The monoisotopic (exact) mass is 401 g/mol. The van der Waals surface area contributed by atoms with E-state index < -0.39 is 0 Å². The number of fused-ring (bicyclic) bond motifs is 2. The van der Waals surface area contributed by atoms with Gasteiger partial charge in [-0.3, -0.25) is 9.69 Å². The smallest absolute Gasteiger partial charge is 0.341 e. The second-order valence-electron chi connectivity index (χ2n) is 7.87. The van der Waals surface area contributed by atoms with Gasteiger partial charge in [0.1, 0.15) is 5.00 Å². The molecule has 0 aromatic carbocycles. The first kappa shape index (κ1) is 19.2. The fourth-order valence-electron chi connectivity index (χ4n) is 4.35. The highest BCUT2D eigenvalue weighted by Crippen LogP contribution is 2.40. The van der Waals surface area contributed by atoms with Crippen LogP contribution in [0.2, 0.25) is 0 Å². The van der Waals surface area contributed by atoms with Crippen LogP contribution < -0.4 is 5.32 Å². The molecule has 2 atom stereocenters. The van der Waals surface area contributed by atoms with Crippen LogP contribution in [0.3, 0.4) is 0 Å². The molecule has 28 heavy (non-hydrogen) atoms. The van der Waals surface area contributed by atoms with Crippen molar-refractivity contribution in [2.75, 3.05) is 25.5 Å². The van der Waals surface area contributed by atoms with Gasteiger partial charge in [-0.1, -0.05) is 6.92 Å². The van der Waals surface area contributed by atoms with Crippen LogP contribution in [-0.4, -0.2) is 41.5 Å². The molecule has 0 saturated carbocycles. The van der Waals surface area contributed by atoms with Crippen LogP contribution in [0.25, 0.3) is 0 Å². The number of anilines is 1. The third-order valence-electron chi connectivity index (χ3n) is 5.97. The van der Waals surface area contributed by atoms with Gasteiger partial charge in [0.25, 0.3) is 0 Å². The average Bonchev–Trinajstić information content (AvgIpc) is 3.27. The first-order valence-electron chi connectivity index (χ1n) is 9.89. The molecule has 0 spiro atoms. The first-order valence-corrected chi connectivity index (χ1v) is 10.7. The largest absolute Gasteiger partial charge is 0.465 e. The van der Waals surface area contributed by atoms with E-state index in [1.807, 2.05) is 0 Å². The van der Waals surface area contributed by atoms with Gasteiger partial charge in [0.05, 0.1) is 19.2 Å². The van der Waals surface area contributed by atoms with Gasteiger partial charge < -0.3 is 14.6 Å². The number of nitrogens with one attached hydrogen (secondary N) is 1. The van der Waals surface area contributed by atoms with Gasteiger partial charge in [0.2, 0.25) is 5.91 Å². The summed E-state index contributed by atoms with van der Waals surface area (Å²) in [6.07, 6.45) is 4.97. The molecule has 150 valence electrons. The molecule has 0 fully saturated rings. The van der Waals surface area contributed by atoms with E-state index in [1.165, 1.54) is 29.0 Å². The molecule has 2 unspecified atom stereocenters. The van der Waals surface area contributed by atoms with Crippen LogP contribution in [0, 0.1) is 5.92 Å². The molecule has 0 radical (unpaired) electrons. The number of amides is 1. The highest BCUT2D eigenvalue weighted by Gasteiger charge is 2.30. The maximum atomic E-state index is 12.8. The van der Waals surface area contributed by atoms with E-state index >= 15 is 0 Å². The van der Waals surface area contributed by atoms with Gasteiger partial charge in [0.15, 0.2) is 0 Å². The van der Waals surface area contributed by atoms with Crippen molar-refractivity contribution >= 4 is 28.2 Å². The molecule has 1 N–H and O–H groups in total. The number of esters is 1. The number of nitrogens with zero attached hydrogens (tertiary/aromatic N) is 2. The second kappa shape index (κ2) is 7.72. The van der Waals surface area contributed by atoms with Crippen LogP contribution in [0.1, 0.15) is 52.8 Å². The van der Waals surface area contributed by atoms with Crippen LogP contribution >= 0.6 is 11.3 Å². The van der Waals surface area contributed by atoms with Gasteiger partial charge in [-0.15, -0.1) is 11.3 Å². The summed E-state index contributed by atoms with van der Waals surface area (Å²) in [6, 6.07) is 4.35. The summed E-state index contributed by atoms with van der Waals surface area (Å²) in [6.45, 7) is 6.39. The molecule has 6 nitrogen and oxygen atoms in total. The van der Waals surface area contributed by atoms with Gasteiger partial charge >= 0.3 is 5.97 Å². The Labute approximate surface area is 169 Å². The summed E-state index contributed by atoms with van der Waals surface area (Å²) < 4.78 is 7.25. The predicted molar refractivity (Wildman–Crippen MR) is 110 cm³/mol. The predicted octanol–water partition coefficient (Wildman–Crippen LogP) is 3.48. The van der Waals surface area contributed by atoms with Crippen molar-refractivity contribution in [3.8, 4) is 0 Å². The van der Waals surface area contributed by atoms with Crippen molar-refractivity contribution in [3.63, 3.8) is 0 Å². The molecule has 4 rings (SSSR count). The lowest BCUT2D eigenvalue weighted by molar-refractivity contribution is -0.118. The van der Waals surface area contributed by atoms with Crippen LogP contribution in [0.4, 0.5) is 5.00 Å². The molecule has 1 aliphatic heterocycles. The van der Waals surface area contributed by atoms with E-state index in [0.29, 0.717) is 23.0 Å². The summed E-state index contributed by atoms with van der Waals surface area (Å²) in [4.78, 5) is 28.6. The number of carbonyl (C=O) groups excluding carboxylic acids is 2. The molecular formula is C21H27N3O3S. The molecule has 7 heteroatoms. The van der Waals surface area contributed by atoms with E-state index in [2.05, 4.69) is 47.0 Å². The number of carbonyl (C=O) groups is 2. The highest BCUT2D eigenvalue weighted by molar-refractivity contribution is 7.17. The molecule has 2 aromatic heterocycles. The molecule has 0 bridgehead atoms. The fourth-order valence-corrected chi connectivity index (χ4v) is 5.77. The van der Waals surface area contributed by atoms with Crippen molar-refractivity contribution in [1.82, 2.24) is 9.47 Å². The van der Waals surface area contributed by atoms with Gasteiger partial charge in [-0.2, -0.15) is 0 Å². The van der Waals surface area contributed by atoms with Crippen LogP contribution in [-0.2, 0) is 28.9 Å². The van der Waals surface area contributed by atoms with E-state index in [4.69, 9.17) is 4.74 Å². The maximum absolute atomic E-state index is 12.8. The number of methoxy groups -OCH3 is 1. The zero-order valence-corrected chi connectivity index (χ0v) is 17.5. The topological polar surface area (TPSA) is 63.6 Å². The fraction of sp³-hybridized carbons (Fsp3) is 0.524. The van der Waals surface area contributed by atoms with Crippen molar-refractivity contribution in [1.29, 1.82) is 0 Å². The van der Waals surface area contributed by atoms with Crippen LogP contribution in [0.15, 0.2) is 18.3 Å². The third-order valence-corrected chi connectivity index (χ3v) is 7.14. The average molecular weight is 402 g/mol. The lowest BCUT2D eigenvalue weighted by atomic mass is 9.88. The standard InChI is InChI=1S/C21H27N3O3S/c1-13-6-7-15-17(11-13)28-20(19(15)21(26)27-3)22-18(25)12-24-10-9-23-8-4-5-16(23)14(24)2/h4-5,8,13-14H,6-7,9-12H2,1-3H3,(H,22,25). The number of rotatable bonds is 4. The Morgan fingerprint density at radius 1 is 1.32 bits per heavy atom. The Morgan fingerprint density at radius 3 is 2.93 bits per heavy atom. The van der Waals surface area contributed by atoms with Gasteiger partial charge in [-0.05, 0) is 49.8 Å². The zero-order chi connectivity index (χ0) is 19.8. The summed E-state index contributed by atoms with van der Waals surface area (Å²) in [5.74, 6) is 0.167. The Bertz CT molecular complexity index is 901. The molecular weight excluding hydrogens is 374 g/mol. The zero-order valence-electron chi connectivity index (χ0n) is 16.7. The molecule has 1 amide bonds. The Balaban J connectivity index is 1.51. The van der Waals surface area contributed by atoms with Crippen molar-refractivity contribution in [3.05, 3.63) is 40.0 Å². The minimum absolute atomic E-state index is 0.0799.